The first kappa shape index (κ1) is 35.0. The van der Waals surface area contributed by atoms with Gasteiger partial charge in [-0.1, -0.05) is 109 Å². The van der Waals surface area contributed by atoms with E-state index in [1.54, 1.807) is 49.1 Å². The highest BCUT2D eigenvalue weighted by Crippen LogP contribution is 2.47. The molecule has 0 aliphatic carbocycles. The number of pyridine rings is 2. The lowest BCUT2D eigenvalue weighted by atomic mass is 10.0. The quantitative estimate of drug-likeness (QED) is 0.118. The number of carboxylic acids is 1. The molecule has 8 heteroatoms. The van der Waals surface area contributed by atoms with Crippen LogP contribution in [-0.4, -0.2) is 21.0 Å². The number of benzene rings is 5. The maximum absolute atomic E-state index is 12.6. The summed E-state index contributed by atoms with van der Waals surface area (Å²) in [6.45, 7) is 0.606. The Morgan fingerprint density at radius 3 is 1.73 bits per heavy atom. The van der Waals surface area contributed by atoms with Crippen molar-refractivity contribution in [2.75, 3.05) is 0 Å². The Hall–Kier alpha value is -7.03. The molecular weight excluding hydrogens is 705 g/mol. The second-order valence-corrected chi connectivity index (χ2v) is 13.8. The summed E-state index contributed by atoms with van der Waals surface area (Å²) < 4.78 is 20.4. The summed E-state index contributed by atoms with van der Waals surface area (Å²) in [6, 6.07) is 47.9. The third kappa shape index (κ3) is 8.30. The molecule has 3 heterocycles. The van der Waals surface area contributed by atoms with Crippen molar-refractivity contribution < 1.29 is 24.1 Å². The van der Waals surface area contributed by atoms with Gasteiger partial charge in [-0.15, -0.1) is 11.3 Å². The fourth-order valence-corrected chi connectivity index (χ4v) is 7.24. The second-order valence-electron chi connectivity index (χ2n) is 12.7. The first-order chi connectivity index (χ1) is 27.1. The van der Waals surface area contributed by atoms with Crippen LogP contribution in [-0.2, 0) is 18.0 Å². The number of fused-ring (bicyclic) bond motifs is 1. The first-order valence-electron chi connectivity index (χ1n) is 17.7. The summed E-state index contributed by atoms with van der Waals surface area (Å²) >= 11 is 1.41. The SMILES string of the molecule is O=C(O)C(=Cc1sc2cc(OCc3ccc(-c4ccccc4)cc3)c(OCc3ccc(-c4ccccc4)cc3)cc2c1Oc1cccnc1)c1ccncc1. The van der Waals surface area contributed by atoms with E-state index < -0.39 is 5.97 Å². The smallest absolute Gasteiger partial charge is 0.336 e. The van der Waals surface area contributed by atoms with E-state index in [-0.39, 0.29) is 5.57 Å². The normalized spacial score (nSPS) is 11.3. The number of thiophene rings is 1. The molecule has 0 amide bonds. The van der Waals surface area contributed by atoms with E-state index >= 15 is 0 Å². The molecule has 7 nitrogen and oxygen atoms in total. The third-order valence-electron chi connectivity index (χ3n) is 9.00. The van der Waals surface area contributed by atoms with Gasteiger partial charge in [0.2, 0.25) is 0 Å². The van der Waals surface area contributed by atoms with Crippen LogP contribution in [0.5, 0.6) is 23.0 Å². The largest absolute Gasteiger partial charge is 0.485 e. The van der Waals surface area contributed by atoms with E-state index in [2.05, 4.69) is 82.8 Å². The fourth-order valence-electron chi connectivity index (χ4n) is 6.15. The number of nitrogens with zero attached hydrogens (tertiary/aromatic N) is 2. The van der Waals surface area contributed by atoms with Crippen molar-refractivity contribution in [2.45, 2.75) is 13.2 Å². The molecule has 8 aromatic rings. The van der Waals surface area contributed by atoms with Gasteiger partial charge in [0.1, 0.15) is 19.0 Å². The Bertz CT molecular complexity index is 2560. The van der Waals surface area contributed by atoms with Crippen molar-refractivity contribution >= 4 is 39.0 Å². The van der Waals surface area contributed by atoms with E-state index in [0.29, 0.717) is 46.7 Å². The number of ether oxygens (including phenoxy) is 3. The monoisotopic (exact) mass is 738 g/mol. The standard InChI is InChI=1S/C47H34N2O5S/c50-47(51)40(38-21-24-48-25-22-38)27-45-46(54-39-12-7-23-49-29-39)41-26-42(52-30-32-13-17-36(18-14-32)34-8-3-1-4-9-34)43(28-44(41)55-45)53-31-33-15-19-37(20-16-33)35-10-5-2-6-11-35/h1-29H,30-31H2,(H,50,51). The molecule has 0 saturated carbocycles. The Morgan fingerprint density at radius 1 is 0.618 bits per heavy atom. The Labute approximate surface area is 322 Å². The zero-order chi connectivity index (χ0) is 37.4. The van der Waals surface area contributed by atoms with Crippen LogP contribution in [0, 0.1) is 0 Å². The van der Waals surface area contributed by atoms with Crippen LogP contribution in [0.3, 0.4) is 0 Å². The molecular formula is C47H34N2O5S. The summed E-state index contributed by atoms with van der Waals surface area (Å²) in [6.07, 6.45) is 8.07. The molecule has 55 heavy (non-hydrogen) atoms. The predicted molar refractivity (Wildman–Crippen MR) is 218 cm³/mol. The molecule has 5 aromatic carbocycles. The summed E-state index contributed by atoms with van der Waals surface area (Å²) in [5.74, 6) is 1.01. The van der Waals surface area contributed by atoms with Crippen molar-refractivity contribution in [3.8, 4) is 45.3 Å². The predicted octanol–water partition coefficient (Wildman–Crippen LogP) is 11.6. The van der Waals surface area contributed by atoms with Crippen molar-refractivity contribution in [1.82, 2.24) is 9.97 Å². The number of hydrogen-bond acceptors (Lipinski definition) is 7. The lowest BCUT2D eigenvalue weighted by molar-refractivity contribution is -0.130. The van der Waals surface area contributed by atoms with Gasteiger partial charge in [-0.05, 0) is 75.4 Å². The molecule has 0 spiro atoms. The molecule has 0 radical (unpaired) electrons. The molecule has 8 rings (SSSR count). The van der Waals surface area contributed by atoms with E-state index in [0.717, 1.165) is 43.5 Å². The maximum Gasteiger partial charge on any atom is 0.336 e. The van der Waals surface area contributed by atoms with E-state index in [1.165, 1.54) is 11.3 Å². The van der Waals surface area contributed by atoms with Crippen LogP contribution in [0.25, 0.3) is 44.0 Å². The van der Waals surface area contributed by atoms with Gasteiger partial charge in [-0.2, -0.15) is 0 Å². The van der Waals surface area contributed by atoms with E-state index in [4.69, 9.17) is 14.2 Å². The van der Waals surface area contributed by atoms with Crippen LogP contribution < -0.4 is 14.2 Å². The molecule has 268 valence electrons. The third-order valence-corrected chi connectivity index (χ3v) is 10.1. The van der Waals surface area contributed by atoms with Crippen LogP contribution in [0.4, 0.5) is 0 Å². The van der Waals surface area contributed by atoms with Crippen LogP contribution in [0.1, 0.15) is 21.6 Å². The summed E-state index contributed by atoms with van der Waals surface area (Å²) in [7, 11) is 0. The van der Waals surface area contributed by atoms with Gasteiger partial charge in [0, 0.05) is 34.7 Å². The number of carbonyl (C=O) groups is 1. The Balaban J connectivity index is 1.17. The average molecular weight is 739 g/mol. The van der Waals surface area contributed by atoms with Gasteiger partial charge in [-0.25, -0.2) is 4.79 Å². The number of aliphatic carboxylic acids is 1. The summed E-state index contributed by atoms with van der Waals surface area (Å²) in [5.41, 5.74) is 7.17. The van der Waals surface area contributed by atoms with Gasteiger partial charge < -0.3 is 19.3 Å². The van der Waals surface area contributed by atoms with Crippen LogP contribution in [0.15, 0.2) is 170 Å². The highest BCUT2D eigenvalue weighted by atomic mass is 32.1. The van der Waals surface area contributed by atoms with Gasteiger partial charge in [0.25, 0.3) is 0 Å². The summed E-state index contributed by atoms with van der Waals surface area (Å²) in [4.78, 5) is 21.5. The highest BCUT2D eigenvalue weighted by Gasteiger charge is 2.21. The molecule has 0 aliphatic heterocycles. The van der Waals surface area contributed by atoms with Crippen LogP contribution >= 0.6 is 11.3 Å². The van der Waals surface area contributed by atoms with Crippen molar-refractivity contribution in [3.63, 3.8) is 0 Å². The molecule has 0 bridgehead atoms. The molecule has 0 unspecified atom stereocenters. The van der Waals surface area contributed by atoms with Crippen molar-refractivity contribution in [3.05, 3.63) is 192 Å². The Morgan fingerprint density at radius 2 is 1.18 bits per heavy atom. The zero-order valence-corrected chi connectivity index (χ0v) is 30.4. The van der Waals surface area contributed by atoms with Gasteiger partial charge in [0.15, 0.2) is 17.2 Å². The lowest BCUT2D eigenvalue weighted by Crippen LogP contribution is -2.01. The highest BCUT2D eigenvalue weighted by molar-refractivity contribution is 7.20. The van der Waals surface area contributed by atoms with Crippen molar-refractivity contribution in [2.24, 2.45) is 0 Å². The molecule has 3 aromatic heterocycles. The minimum absolute atomic E-state index is 0.107. The minimum atomic E-state index is -1.07. The lowest BCUT2D eigenvalue weighted by Gasteiger charge is -2.15. The van der Waals surface area contributed by atoms with E-state index in [1.807, 2.05) is 54.6 Å². The van der Waals surface area contributed by atoms with Crippen molar-refractivity contribution in [1.29, 1.82) is 0 Å². The first-order valence-corrected chi connectivity index (χ1v) is 18.5. The van der Waals surface area contributed by atoms with Gasteiger partial charge in [0.05, 0.1) is 16.6 Å². The fraction of sp³-hybridized carbons (Fsp3) is 0.0426. The molecule has 1 N–H and O–H groups in total. The maximum atomic E-state index is 12.6. The summed E-state index contributed by atoms with van der Waals surface area (Å²) in [5, 5.41) is 11.0. The number of hydrogen-bond donors (Lipinski definition) is 1. The van der Waals surface area contributed by atoms with E-state index in [9.17, 15) is 9.90 Å². The van der Waals surface area contributed by atoms with Gasteiger partial charge >= 0.3 is 5.97 Å². The molecule has 0 fully saturated rings. The number of aromatic nitrogens is 2. The van der Waals surface area contributed by atoms with Gasteiger partial charge in [-0.3, -0.25) is 9.97 Å². The molecule has 0 aliphatic rings. The minimum Gasteiger partial charge on any atom is -0.485 e. The average Bonchev–Trinajstić information content (AvgIpc) is 3.57. The number of carboxylic acid groups (broad SMARTS) is 1. The Kier molecular flexibility index (Phi) is 10.4. The molecule has 0 atom stereocenters. The number of rotatable bonds is 13. The second kappa shape index (κ2) is 16.3. The zero-order valence-electron chi connectivity index (χ0n) is 29.5. The molecule has 0 saturated heterocycles. The topological polar surface area (TPSA) is 90.8 Å². The van der Waals surface area contributed by atoms with Crippen LogP contribution in [0.2, 0.25) is 0 Å².